The molecule has 13 heavy (non-hydrogen) atoms. The number of carbonyl (C=O) groups is 1. The van der Waals surface area contributed by atoms with Gasteiger partial charge in [0.2, 0.25) is 5.91 Å². The Balaban J connectivity index is 3.73. The molecule has 3 nitrogen and oxygen atoms in total. The summed E-state index contributed by atoms with van der Waals surface area (Å²) < 4.78 is 0. The first-order valence-electron chi connectivity index (χ1n) is 5.00. The summed E-state index contributed by atoms with van der Waals surface area (Å²) in [7, 11) is 0. The number of hydrogen-bond donors (Lipinski definition) is 2. The van der Waals surface area contributed by atoms with Gasteiger partial charge in [-0.15, -0.1) is 0 Å². The summed E-state index contributed by atoms with van der Waals surface area (Å²) >= 11 is 0. The van der Waals surface area contributed by atoms with E-state index in [1.807, 2.05) is 20.8 Å². The van der Waals surface area contributed by atoms with E-state index < -0.39 is 0 Å². The zero-order valence-electron chi connectivity index (χ0n) is 8.84. The Morgan fingerprint density at radius 1 is 1.46 bits per heavy atom. The third-order valence-electron chi connectivity index (χ3n) is 1.93. The average Bonchev–Trinajstić information content (AvgIpc) is 2.02. The second kappa shape index (κ2) is 6.89. The van der Waals surface area contributed by atoms with Gasteiger partial charge in [-0.05, 0) is 18.8 Å². The van der Waals surface area contributed by atoms with E-state index in [1.165, 1.54) is 0 Å². The standard InChI is InChI=1S/C10H21NO2/c1-4-9(5-6-12)11-10(13)7-8(2)3/h8-9,12H,4-7H2,1-3H3,(H,11,13). The molecule has 0 bridgehead atoms. The highest BCUT2D eigenvalue weighted by Gasteiger charge is 2.10. The zero-order valence-corrected chi connectivity index (χ0v) is 8.84. The Morgan fingerprint density at radius 3 is 2.46 bits per heavy atom. The Hall–Kier alpha value is -0.570. The van der Waals surface area contributed by atoms with E-state index in [0.29, 0.717) is 18.8 Å². The fraction of sp³-hybridized carbons (Fsp3) is 0.900. The minimum atomic E-state index is 0.0929. The zero-order chi connectivity index (χ0) is 10.3. The molecule has 0 spiro atoms. The highest BCUT2D eigenvalue weighted by molar-refractivity contribution is 5.76. The van der Waals surface area contributed by atoms with Gasteiger partial charge in [0.1, 0.15) is 0 Å². The Morgan fingerprint density at radius 2 is 2.08 bits per heavy atom. The van der Waals surface area contributed by atoms with Gasteiger partial charge in [0.25, 0.3) is 0 Å². The van der Waals surface area contributed by atoms with Gasteiger partial charge in [-0.2, -0.15) is 0 Å². The molecule has 0 fully saturated rings. The first-order chi connectivity index (χ1) is 6.10. The molecule has 0 saturated heterocycles. The molecule has 3 heteroatoms. The molecule has 0 radical (unpaired) electrons. The quantitative estimate of drug-likeness (QED) is 0.658. The molecular weight excluding hydrogens is 166 g/mol. The molecule has 1 atom stereocenters. The largest absolute Gasteiger partial charge is 0.396 e. The summed E-state index contributed by atoms with van der Waals surface area (Å²) in [6.45, 7) is 6.19. The molecule has 0 aliphatic carbocycles. The van der Waals surface area contributed by atoms with E-state index in [9.17, 15) is 4.79 Å². The van der Waals surface area contributed by atoms with Crippen LogP contribution >= 0.6 is 0 Å². The summed E-state index contributed by atoms with van der Waals surface area (Å²) in [5, 5.41) is 11.6. The molecule has 0 heterocycles. The maximum absolute atomic E-state index is 11.3. The van der Waals surface area contributed by atoms with Crippen molar-refractivity contribution in [2.24, 2.45) is 5.92 Å². The van der Waals surface area contributed by atoms with Gasteiger partial charge in [0.15, 0.2) is 0 Å². The maximum Gasteiger partial charge on any atom is 0.220 e. The molecule has 2 N–H and O–H groups in total. The first kappa shape index (κ1) is 12.4. The van der Waals surface area contributed by atoms with E-state index in [1.54, 1.807) is 0 Å². The summed E-state index contributed by atoms with van der Waals surface area (Å²) in [4.78, 5) is 11.3. The smallest absolute Gasteiger partial charge is 0.220 e. The van der Waals surface area contributed by atoms with Crippen molar-refractivity contribution in [1.82, 2.24) is 5.32 Å². The third kappa shape index (κ3) is 6.58. The molecule has 0 aromatic carbocycles. The van der Waals surface area contributed by atoms with Crippen molar-refractivity contribution in [3.63, 3.8) is 0 Å². The van der Waals surface area contributed by atoms with Crippen LogP contribution in [0.5, 0.6) is 0 Å². The molecule has 0 aliphatic rings. The lowest BCUT2D eigenvalue weighted by molar-refractivity contribution is -0.122. The normalized spacial score (nSPS) is 13.0. The second-order valence-electron chi connectivity index (χ2n) is 3.78. The summed E-state index contributed by atoms with van der Waals surface area (Å²) in [5.41, 5.74) is 0. The molecule has 78 valence electrons. The van der Waals surface area contributed by atoms with Crippen LogP contribution in [0, 0.1) is 5.92 Å². The number of aliphatic hydroxyl groups is 1. The van der Waals surface area contributed by atoms with E-state index in [-0.39, 0.29) is 18.6 Å². The fourth-order valence-electron chi connectivity index (χ4n) is 1.19. The number of amides is 1. The first-order valence-corrected chi connectivity index (χ1v) is 5.00. The van der Waals surface area contributed by atoms with E-state index in [0.717, 1.165) is 6.42 Å². The molecule has 0 aliphatic heterocycles. The van der Waals surface area contributed by atoms with Crippen molar-refractivity contribution in [2.45, 2.75) is 46.1 Å². The molecule has 0 rings (SSSR count). The van der Waals surface area contributed by atoms with Gasteiger partial charge >= 0.3 is 0 Å². The van der Waals surface area contributed by atoms with Crippen LogP contribution in [-0.4, -0.2) is 23.7 Å². The molecular formula is C10H21NO2. The summed E-state index contributed by atoms with van der Waals surface area (Å²) in [5.74, 6) is 0.488. The van der Waals surface area contributed by atoms with Gasteiger partial charge in [0.05, 0.1) is 0 Å². The van der Waals surface area contributed by atoms with Crippen molar-refractivity contribution in [3.05, 3.63) is 0 Å². The molecule has 1 amide bonds. The number of rotatable bonds is 6. The SMILES string of the molecule is CCC(CCO)NC(=O)CC(C)C. The van der Waals surface area contributed by atoms with Gasteiger partial charge in [0, 0.05) is 19.1 Å². The van der Waals surface area contributed by atoms with Crippen molar-refractivity contribution in [1.29, 1.82) is 0 Å². The van der Waals surface area contributed by atoms with E-state index in [4.69, 9.17) is 5.11 Å². The molecule has 1 unspecified atom stereocenters. The average molecular weight is 187 g/mol. The van der Waals surface area contributed by atoms with Crippen LogP contribution in [-0.2, 0) is 4.79 Å². The van der Waals surface area contributed by atoms with Crippen LogP contribution in [0.1, 0.15) is 40.0 Å². The maximum atomic E-state index is 11.3. The minimum Gasteiger partial charge on any atom is -0.396 e. The number of carbonyl (C=O) groups excluding carboxylic acids is 1. The highest BCUT2D eigenvalue weighted by atomic mass is 16.3. The van der Waals surface area contributed by atoms with Crippen LogP contribution in [0.15, 0.2) is 0 Å². The summed E-state index contributed by atoms with van der Waals surface area (Å²) in [6, 6.07) is 0.135. The van der Waals surface area contributed by atoms with Crippen molar-refractivity contribution in [3.8, 4) is 0 Å². The second-order valence-corrected chi connectivity index (χ2v) is 3.78. The number of aliphatic hydroxyl groups excluding tert-OH is 1. The lowest BCUT2D eigenvalue weighted by atomic mass is 10.1. The van der Waals surface area contributed by atoms with Crippen LogP contribution in [0.2, 0.25) is 0 Å². The predicted molar refractivity (Wildman–Crippen MR) is 53.4 cm³/mol. The minimum absolute atomic E-state index is 0.0929. The van der Waals surface area contributed by atoms with Crippen LogP contribution in [0.25, 0.3) is 0 Å². The Bertz CT molecular complexity index is 146. The Kier molecular flexibility index (Phi) is 6.59. The molecule has 0 aromatic heterocycles. The molecule has 0 saturated carbocycles. The van der Waals surface area contributed by atoms with Gasteiger partial charge in [-0.25, -0.2) is 0 Å². The predicted octanol–water partition coefficient (Wildman–Crippen LogP) is 1.31. The van der Waals surface area contributed by atoms with Gasteiger partial charge < -0.3 is 10.4 Å². The monoisotopic (exact) mass is 187 g/mol. The van der Waals surface area contributed by atoms with Crippen molar-refractivity contribution >= 4 is 5.91 Å². The highest BCUT2D eigenvalue weighted by Crippen LogP contribution is 2.02. The lowest BCUT2D eigenvalue weighted by Gasteiger charge is -2.16. The van der Waals surface area contributed by atoms with Crippen LogP contribution < -0.4 is 5.32 Å². The summed E-state index contributed by atoms with van der Waals surface area (Å²) in [6.07, 6.45) is 2.10. The Labute approximate surface area is 80.5 Å². The van der Waals surface area contributed by atoms with Crippen LogP contribution in [0.3, 0.4) is 0 Å². The van der Waals surface area contributed by atoms with E-state index >= 15 is 0 Å². The number of nitrogens with one attached hydrogen (secondary N) is 1. The van der Waals surface area contributed by atoms with E-state index in [2.05, 4.69) is 5.32 Å². The topological polar surface area (TPSA) is 49.3 Å². The third-order valence-corrected chi connectivity index (χ3v) is 1.93. The lowest BCUT2D eigenvalue weighted by Crippen LogP contribution is -2.35. The number of hydrogen-bond acceptors (Lipinski definition) is 2. The van der Waals surface area contributed by atoms with Crippen LogP contribution in [0.4, 0.5) is 0 Å². The fourth-order valence-corrected chi connectivity index (χ4v) is 1.19. The van der Waals surface area contributed by atoms with Crippen molar-refractivity contribution < 1.29 is 9.90 Å². The van der Waals surface area contributed by atoms with Crippen molar-refractivity contribution in [2.75, 3.05) is 6.61 Å². The molecule has 0 aromatic rings. The van der Waals surface area contributed by atoms with Gasteiger partial charge in [-0.1, -0.05) is 20.8 Å². The van der Waals surface area contributed by atoms with Gasteiger partial charge in [-0.3, -0.25) is 4.79 Å².